The largest absolute Gasteiger partial charge is 0.398 e. The molecule has 2 rings (SSSR count). The first-order chi connectivity index (χ1) is 9.22. The number of nitrogens with one attached hydrogen (secondary N) is 1. The van der Waals surface area contributed by atoms with Crippen LogP contribution in [0, 0.1) is 0 Å². The third-order valence-corrected chi connectivity index (χ3v) is 4.97. The smallest absolute Gasteiger partial charge is 0.0448 e. The number of anilines is 1. The molecule has 0 aliphatic heterocycles. The van der Waals surface area contributed by atoms with Gasteiger partial charge in [0, 0.05) is 44.8 Å². The molecular weight excluding hydrogens is 322 g/mol. The minimum atomic E-state index is 0.186. The molecule has 0 aliphatic carbocycles. The van der Waals surface area contributed by atoms with E-state index in [-0.39, 0.29) is 6.04 Å². The lowest BCUT2D eigenvalue weighted by atomic mass is 10.1. The maximum atomic E-state index is 6.00. The Bertz CT molecular complexity index is 548. The first-order valence-corrected chi connectivity index (χ1v) is 7.74. The second kappa shape index (κ2) is 6.93. The van der Waals surface area contributed by atoms with Gasteiger partial charge in [-0.25, -0.2) is 0 Å². The molecule has 1 aromatic carbocycles. The molecule has 1 unspecified atom stereocenters. The standard InChI is InChI=1S/C14H16BrN3S/c1-17-13(10-8-18-7-6-12(10)16)9-19-14-5-3-2-4-11(14)15/h2-8,13,17H,9H2,1H3,(H2,16,18). The van der Waals surface area contributed by atoms with Crippen molar-refractivity contribution in [3.8, 4) is 0 Å². The van der Waals surface area contributed by atoms with Crippen LogP contribution in [-0.4, -0.2) is 17.8 Å². The fourth-order valence-electron chi connectivity index (χ4n) is 1.77. The molecule has 0 aliphatic rings. The molecule has 3 nitrogen and oxygen atoms in total. The van der Waals surface area contributed by atoms with Crippen LogP contribution in [0.3, 0.4) is 0 Å². The number of thioether (sulfide) groups is 1. The summed E-state index contributed by atoms with van der Waals surface area (Å²) < 4.78 is 1.12. The summed E-state index contributed by atoms with van der Waals surface area (Å²) in [5.41, 5.74) is 7.82. The molecule has 1 atom stereocenters. The van der Waals surface area contributed by atoms with Crippen molar-refractivity contribution in [3.05, 3.63) is 52.8 Å². The lowest BCUT2D eigenvalue weighted by Gasteiger charge is -2.18. The highest BCUT2D eigenvalue weighted by Crippen LogP contribution is 2.31. The highest BCUT2D eigenvalue weighted by atomic mass is 79.9. The van der Waals surface area contributed by atoms with Gasteiger partial charge >= 0.3 is 0 Å². The molecule has 3 N–H and O–H groups in total. The molecule has 5 heteroatoms. The Kier molecular flexibility index (Phi) is 5.24. The second-order valence-corrected chi connectivity index (χ2v) is 6.00. The number of nitrogens with zero attached hydrogens (tertiary/aromatic N) is 1. The minimum absolute atomic E-state index is 0.186. The maximum absolute atomic E-state index is 6.00. The first kappa shape index (κ1) is 14.4. The number of hydrogen-bond acceptors (Lipinski definition) is 4. The van der Waals surface area contributed by atoms with E-state index < -0.39 is 0 Å². The van der Waals surface area contributed by atoms with E-state index >= 15 is 0 Å². The van der Waals surface area contributed by atoms with E-state index in [0.717, 1.165) is 21.5 Å². The zero-order valence-corrected chi connectivity index (χ0v) is 13.0. The Hall–Kier alpha value is -1.04. The fourth-order valence-corrected chi connectivity index (χ4v) is 3.47. The number of aromatic nitrogens is 1. The predicted molar refractivity (Wildman–Crippen MR) is 85.3 cm³/mol. The van der Waals surface area contributed by atoms with Crippen LogP contribution in [0.5, 0.6) is 0 Å². The van der Waals surface area contributed by atoms with E-state index in [0.29, 0.717) is 0 Å². The van der Waals surface area contributed by atoms with Crippen molar-refractivity contribution in [2.24, 2.45) is 0 Å². The third-order valence-electron chi connectivity index (χ3n) is 2.85. The van der Waals surface area contributed by atoms with Gasteiger partial charge < -0.3 is 11.1 Å². The molecule has 1 heterocycles. The van der Waals surface area contributed by atoms with Crippen LogP contribution in [-0.2, 0) is 0 Å². The zero-order chi connectivity index (χ0) is 13.7. The van der Waals surface area contributed by atoms with Crippen LogP contribution in [0.4, 0.5) is 5.69 Å². The van der Waals surface area contributed by atoms with E-state index in [1.54, 1.807) is 18.0 Å². The van der Waals surface area contributed by atoms with Crippen molar-refractivity contribution in [2.45, 2.75) is 10.9 Å². The van der Waals surface area contributed by atoms with E-state index in [1.165, 1.54) is 4.90 Å². The fraction of sp³-hybridized carbons (Fsp3) is 0.214. The van der Waals surface area contributed by atoms with Crippen LogP contribution in [0.15, 0.2) is 52.1 Å². The molecular formula is C14H16BrN3S. The Labute approximate surface area is 126 Å². The summed E-state index contributed by atoms with van der Waals surface area (Å²) in [6.07, 6.45) is 3.55. The molecule has 0 saturated heterocycles. The van der Waals surface area contributed by atoms with Gasteiger partial charge in [0.15, 0.2) is 0 Å². The topological polar surface area (TPSA) is 50.9 Å². The minimum Gasteiger partial charge on any atom is -0.398 e. The van der Waals surface area contributed by atoms with Crippen molar-refractivity contribution in [1.82, 2.24) is 10.3 Å². The highest BCUT2D eigenvalue weighted by Gasteiger charge is 2.13. The molecule has 19 heavy (non-hydrogen) atoms. The number of pyridine rings is 1. The van der Waals surface area contributed by atoms with Gasteiger partial charge in [-0.3, -0.25) is 4.98 Å². The van der Waals surface area contributed by atoms with Crippen LogP contribution < -0.4 is 11.1 Å². The van der Waals surface area contributed by atoms with Gasteiger partial charge in [-0.1, -0.05) is 12.1 Å². The van der Waals surface area contributed by atoms with Crippen molar-refractivity contribution in [2.75, 3.05) is 18.5 Å². The van der Waals surface area contributed by atoms with Gasteiger partial charge in [0.05, 0.1) is 0 Å². The van der Waals surface area contributed by atoms with Crippen molar-refractivity contribution in [1.29, 1.82) is 0 Å². The normalized spacial score (nSPS) is 12.3. The number of hydrogen-bond donors (Lipinski definition) is 2. The molecule has 0 bridgehead atoms. The maximum Gasteiger partial charge on any atom is 0.0448 e. The van der Waals surface area contributed by atoms with Crippen molar-refractivity contribution >= 4 is 33.4 Å². The molecule has 2 aromatic rings. The van der Waals surface area contributed by atoms with E-state index in [4.69, 9.17) is 5.73 Å². The second-order valence-electron chi connectivity index (χ2n) is 4.09. The Morgan fingerprint density at radius 3 is 2.84 bits per heavy atom. The molecule has 1 aromatic heterocycles. The lowest BCUT2D eigenvalue weighted by Crippen LogP contribution is -2.20. The van der Waals surface area contributed by atoms with Gasteiger partial charge in [-0.2, -0.15) is 0 Å². The SMILES string of the molecule is CNC(CSc1ccccc1Br)c1cnccc1N. The van der Waals surface area contributed by atoms with Gasteiger partial charge in [-0.05, 0) is 41.2 Å². The van der Waals surface area contributed by atoms with E-state index in [1.807, 2.05) is 31.4 Å². The summed E-state index contributed by atoms with van der Waals surface area (Å²) in [5.74, 6) is 0.898. The van der Waals surface area contributed by atoms with Crippen LogP contribution in [0.1, 0.15) is 11.6 Å². The Balaban J connectivity index is 2.09. The molecule has 0 saturated carbocycles. The van der Waals surface area contributed by atoms with Gasteiger partial charge in [-0.15, -0.1) is 11.8 Å². The summed E-state index contributed by atoms with van der Waals surface area (Å²) in [5, 5.41) is 3.29. The highest BCUT2D eigenvalue weighted by molar-refractivity contribution is 9.10. The average Bonchev–Trinajstić information content (AvgIpc) is 2.43. The number of benzene rings is 1. The third kappa shape index (κ3) is 3.72. The summed E-state index contributed by atoms with van der Waals surface area (Å²) in [6.45, 7) is 0. The molecule has 100 valence electrons. The summed E-state index contributed by atoms with van der Waals surface area (Å²) in [4.78, 5) is 5.38. The summed E-state index contributed by atoms with van der Waals surface area (Å²) in [7, 11) is 1.94. The quantitative estimate of drug-likeness (QED) is 0.820. The zero-order valence-electron chi connectivity index (χ0n) is 10.6. The number of halogens is 1. The van der Waals surface area contributed by atoms with E-state index in [2.05, 4.69) is 38.4 Å². The van der Waals surface area contributed by atoms with E-state index in [9.17, 15) is 0 Å². The molecule has 0 amide bonds. The van der Waals surface area contributed by atoms with Gasteiger partial charge in [0.2, 0.25) is 0 Å². The number of rotatable bonds is 5. The average molecular weight is 338 g/mol. The summed E-state index contributed by atoms with van der Waals surface area (Å²) >= 11 is 5.35. The van der Waals surface area contributed by atoms with Crippen molar-refractivity contribution < 1.29 is 0 Å². The monoisotopic (exact) mass is 337 g/mol. The molecule has 0 fully saturated rings. The van der Waals surface area contributed by atoms with Crippen LogP contribution >= 0.6 is 27.7 Å². The first-order valence-electron chi connectivity index (χ1n) is 5.96. The number of nitrogens with two attached hydrogens (primary N) is 1. The van der Waals surface area contributed by atoms with Gasteiger partial charge in [0.25, 0.3) is 0 Å². The van der Waals surface area contributed by atoms with Gasteiger partial charge in [0.1, 0.15) is 0 Å². The Morgan fingerprint density at radius 2 is 2.16 bits per heavy atom. The number of nitrogen functional groups attached to an aromatic ring is 1. The van der Waals surface area contributed by atoms with Crippen LogP contribution in [0.2, 0.25) is 0 Å². The van der Waals surface area contributed by atoms with Crippen LogP contribution in [0.25, 0.3) is 0 Å². The molecule has 0 radical (unpaired) electrons. The predicted octanol–water partition coefficient (Wildman–Crippen LogP) is 3.48. The molecule has 0 spiro atoms. The summed E-state index contributed by atoms with van der Waals surface area (Å²) in [6, 6.07) is 10.2. The Morgan fingerprint density at radius 1 is 1.37 bits per heavy atom. The van der Waals surface area contributed by atoms with Crippen molar-refractivity contribution in [3.63, 3.8) is 0 Å². The lowest BCUT2D eigenvalue weighted by molar-refractivity contribution is 0.661.